The average Bonchev–Trinajstić information content (AvgIpc) is 2.53. The van der Waals surface area contributed by atoms with Crippen molar-refractivity contribution in [2.45, 2.75) is 26.2 Å². The first-order valence-electron chi connectivity index (χ1n) is 7.07. The molecule has 0 amide bonds. The minimum Gasteiger partial charge on any atom is -0.235 e. The van der Waals surface area contributed by atoms with E-state index in [1.807, 2.05) is 12.1 Å². The number of halogens is 1. The molecule has 22 heavy (non-hydrogen) atoms. The number of aromatic nitrogens is 1. The van der Waals surface area contributed by atoms with Crippen LogP contribution in [-0.2, 0) is 6.42 Å². The highest BCUT2D eigenvalue weighted by Gasteiger charge is 2.01. The Labute approximate surface area is 135 Å². The van der Waals surface area contributed by atoms with Crippen molar-refractivity contribution in [1.82, 2.24) is 4.98 Å². The number of benzene rings is 1. The number of aliphatic imine (C=N–C) groups is 1. The number of thiocarbonyl (C=S) groups is 1. The van der Waals surface area contributed by atoms with Crippen LogP contribution >= 0.6 is 12.2 Å². The molecule has 2 nitrogen and oxygen atoms in total. The Morgan fingerprint density at radius 1 is 1.23 bits per heavy atom. The first kappa shape index (κ1) is 16.0. The maximum absolute atomic E-state index is 13.8. The van der Waals surface area contributed by atoms with Gasteiger partial charge in [0.2, 0.25) is 0 Å². The van der Waals surface area contributed by atoms with Gasteiger partial charge < -0.3 is 0 Å². The molecule has 2 rings (SSSR count). The Kier molecular flexibility index (Phi) is 5.97. The molecule has 0 aliphatic heterocycles. The van der Waals surface area contributed by atoms with Crippen molar-refractivity contribution >= 4 is 23.2 Å². The summed E-state index contributed by atoms with van der Waals surface area (Å²) in [5, 5.41) is 2.15. The van der Waals surface area contributed by atoms with E-state index in [0.29, 0.717) is 0 Å². The van der Waals surface area contributed by atoms with E-state index in [-0.39, 0.29) is 11.4 Å². The molecule has 0 saturated heterocycles. The Morgan fingerprint density at radius 2 is 2.00 bits per heavy atom. The Morgan fingerprint density at radius 3 is 2.64 bits per heavy atom. The van der Waals surface area contributed by atoms with E-state index in [9.17, 15) is 4.39 Å². The van der Waals surface area contributed by atoms with Crippen LogP contribution in [0, 0.1) is 17.7 Å². The SMILES string of the molecule is CCCCc1ccc(C#Cc2cnc(N=C=S)cc2F)cc1. The van der Waals surface area contributed by atoms with Crippen LogP contribution in [0.4, 0.5) is 10.2 Å². The molecular weight excluding hydrogens is 295 g/mol. The van der Waals surface area contributed by atoms with E-state index in [0.717, 1.165) is 12.0 Å². The summed E-state index contributed by atoms with van der Waals surface area (Å²) < 4.78 is 13.8. The summed E-state index contributed by atoms with van der Waals surface area (Å²) in [4.78, 5) is 7.58. The van der Waals surface area contributed by atoms with Crippen LogP contribution in [-0.4, -0.2) is 10.1 Å². The second-order valence-corrected chi connectivity index (χ2v) is 4.96. The van der Waals surface area contributed by atoms with Crippen molar-refractivity contribution in [2.24, 2.45) is 4.99 Å². The molecule has 0 radical (unpaired) electrons. The molecule has 1 heterocycles. The van der Waals surface area contributed by atoms with Gasteiger partial charge in [-0.3, -0.25) is 0 Å². The summed E-state index contributed by atoms with van der Waals surface area (Å²) >= 11 is 4.46. The zero-order valence-electron chi connectivity index (χ0n) is 12.3. The lowest BCUT2D eigenvalue weighted by Gasteiger charge is -1.99. The monoisotopic (exact) mass is 310 g/mol. The lowest BCUT2D eigenvalue weighted by atomic mass is 10.1. The summed E-state index contributed by atoms with van der Waals surface area (Å²) in [6.45, 7) is 2.17. The number of aryl methyl sites for hydroxylation is 1. The van der Waals surface area contributed by atoms with Gasteiger partial charge in [0.25, 0.3) is 0 Å². The third-order valence-corrected chi connectivity index (χ3v) is 3.20. The number of rotatable bonds is 4. The van der Waals surface area contributed by atoms with Crippen molar-refractivity contribution in [3.63, 3.8) is 0 Å². The first-order chi connectivity index (χ1) is 10.7. The smallest absolute Gasteiger partial charge is 0.165 e. The molecule has 0 N–H and O–H groups in total. The lowest BCUT2D eigenvalue weighted by molar-refractivity contribution is 0.622. The number of unbranched alkanes of at least 4 members (excludes halogenated alkanes) is 1. The van der Waals surface area contributed by atoms with Crippen molar-refractivity contribution in [3.8, 4) is 11.8 Å². The molecule has 1 aromatic carbocycles. The average molecular weight is 310 g/mol. The minimum atomic E-state index is -0.467. The molecule has 0 atom stereocenters. The third kappa shape index (κ3) is 4.60. The highest BCUT2D eigenvalue weighted by Crippen LogP contribution is 2.13. The van der Waals surface area contributed by atoms with Crippen molar-refractivity contribution in [3.05, 3.63) is 59.0 Å². The van der Waals surface area contributed by atoms with Crippen LogP contribution in [0.25, 0.3) is 0 Å². The summed E-state index contributed by atoms with van der Waals surface area (Å²) in [5.74, 6) is 5.45. The summed E-state index contributed by atoms with van der Waals surface area (Å²) in [7, 11) is 0. The van der Waals surface area contributed by atoms with Crippen LogP contribution in [0.5, 0.6) is 0 Å². The number of hydrogen-bond donors (Lipinski definition) is 0. The van der Waals surface area contributed by atoms with Crippen LogP contribution in [0.2, 0.25) is 0 Å². The lowest BCUT2D eigenvalue weighted by Crippen LogP contribution is -1.87. The van der Waals surface area contributed by atoms with Gasteiger partial charge in [0.1, 0.15) is 5.82 Å². The van der Waals surface area contributed by atoms with Crippen molar-refractivity contribution < 1.29 is 4.39 Å². The molecule has 0 aliphatic carbocycles. The van der Waals surface area contributed by atoms with Gasteiger partial charge in [-0.2, -0.15) is 4.99 Å². The normalized spacial score (nSPS) is 9.55. The molecule has 1 aromatic heterocycles. The van der Waals surface area contributed by atoms with Gasteiger partial charge in [-0.05, 0) is 42.8 Å². The van der Waals surface area contributed by atoms with Gasteiger partial charge in [-0.1, -0.05) is 37.3 Å². The van der Waals surface area contributed by atoms with E-state index in [4.69, 9.17) is 0 Å². The minimum absolute atomic E-state index is 0.193. The van der Waals surface area contributed by atoms with E-state index in [1.165, 1.54) is 30.7 Å². The molecule has 110 valence electrons. The predicted octanol–water partition coefficient (Wildman–Crippen LogP) is 4.70. The fourth-order valence-corrected chi connectivity index (χ4v) is 1.99. The number of pyridine rings is 1. The zero-order chi connectivity index (χ0) is 15.8. The molecule has 0 bridgehead atoms. The van der Waals surface area contributed by atoms with Crippen molar-refractivity contribution in [1.29, 1.82) is 0 Å². The van der Waals surface area contributed by atoms with Crippen molar-refractivity contribution in [2.75, 3.05) is 0 Å². The van der Waals surface area contributed by atoms with Gasteiger partial charge in [-0.15, -0.1) is 0 Å². The highest BCUT2D eigenvalue weighted by molar-refractivity contribution is 7.78. The number of isothiocyanates is 1. The van der Waals surface area contributed by atoms with Gasteiger partial charge in [0.05, 0.1) is 10.7 Å². The molecule has 0 fully saturated rings. The van der Waals surface area contributed by atoms with Crippen LogP contribution in [0.1, 0.15) is 36.5 Å². The van der Waals surface area contributed by atoms with Gasteiger partial charge in [0.15, 0.2) is 5.82 Å². The Hall–Kier alpha value is -2.34. The van der Waals surface area contributed by atoms with Crippen LogP contribution in [0.3, 0.4) is 0 Å². The predicted molar refractivity (Wildman–Crippen MR) is 89.9 cm³/mol. The second kappa shape index (κ2) is 8.19. The van der Waals surface area contributed by atoms with Crippen LogP contribution in [0.15, 0.2) is 41.5 Å². The molecule has 0 unspecified atom stereocenters. The highest BCUT2D eigenvalue weighted by atomic mass is 32.1. The first-order valence-corrected chi connectivity index (χ1v) is 7.48. The maximum atomic E-state index is 13.8. The fraction of sp³-hybridized carbons (Fsp3) is 0.222. The second-order valence-electron chi connectivity index (χ2n) is 4.78. The summed E-state index contributed by atoms with van der Waals surface area (Å²) in [5.41, 5.74) is 2.38. The molecule has 0 saturated carbocycles. The molecule has 4 heteroatoms. The van der Waals surface area contributed by atoms with Gasteiger partial charge in [0, 0.05) is 17.8 Å². The zero-order valence-corrected chi connectivity index (χ0v) is 13.1. The topological polar surface area (TPSA) is 25.2 Å². The van der Waals surface area contributed by atoms with Gasteiger partial charge in [-0.25, -0.2) is 9.37 Å². The fourth-order valence-electron chi connectivity index (χ4n) is 1.90. The Bertz CT molecular complexity index is 751. The van der Waals surface area contributed by atoms with E-state index >= 15 is 0 Å². The molecule has 0 aliphatic rings. The number of nitrogens with zero attached hydrogens (tertiary/aromatic N) is 2. The molecular formula is C18H15FN2S. The third-order valence-electron chi connectivity index (χ3n) is 3.11. The largest absolute Gasteiger partial charge is 0.235 e. The standard InChI is InChI=1S/C18H15FN2S/c1-2-3-4-14-5-7-15(8-6-14)9-10-16-12-20-18(21-13-22)11-17(16)19/h5-8,11-12H,2-4H2,1H3. The van der Waals surface area contributed by atoms with E-state index in [1.54, 1.807) is 0 Å². The Balaban J connectivity index is 2.14. The summed E-state index contributed by atoms with van der Waals surface area (Å²) in [6.07, 6.45) is 4.78. The quantitative estimate of drug-likeness (QED) is 0.465. The van der Waals surface area contributed by atoms with Crippen LogP contribution < -0.4 is 0 Å². The molecule has 0 spiro atoms. The molecule has 2 aromatic rings. The van der Waals surface area contributed by atoms with E-state index < -0.39 is 5.82 Å². The maximum Gasteiger partial charge on any atom is 0.165 e. The summed E-state index contributed by atoms with van der Waals surface area (Å²) in [6, 6.07) is 9.22. The van der Waals surface area contributed by atoms with Gasteiger partial charge >= 0.3 is 0 Å². The number of hydrogen-bond acceptors (Lipinski definition) is 3. The van der Waals surface area contributed by atoms with E-state index in [2.05, 4.69) is 58.3 Å².